The fourth-order valence-electron chi connectivity index (χ4n) is 2.29. The van der Waals surface area contributed by atoms with Crippen LogP contribution in [0.4, 0.5) is 0 Å². The normalized spacial score (nSPS) is 16.7. The Bertz CT molecular complexity index is 586. The minimum atomic E-state index is -0.0160. The Kier molecular flexibility index (Phi) is 7.29. The molecule has 1 amide bonds. The average molecular weight is 332 g/mol. The minimum absolute atomic E-state index is 0.0160. The van der Waals surface area contributed by atoms with Gasteiger partial charge in [0.25, 0.3) is 0 Å². The van der Waals surface area contributed by atoms with Crippen molar-refractivity contribution in [2.24, 2.45) is 10.2 Å². The Labute approximate surface area is 142 Å². The number of carbonyl (C=O) groups is 1. The van der Waals surface area contributed by atoms with Crippen molar-refractivity contribution in [1.29, 1.82) is 0 Å². The zero-order chi connectivity index (χ0) is 16.5. The molecule has 1 heterocycles. The van der Waals surface area contributed by atoms with Crippen molar-refractivity contribution in [2.45, 2.75) is 33.2 Å². The molecule has 1 aromatic carbocycles. The molecular formula is C17H24N4OS. The van der Waals surface area contributed by atoms with E-state index >= 15 is 0 Å². The summed E-state index contributed by atoms with van der Waals surface area (Å²) in [5.74, 6) is 0.409. The van der Waals surface area contributed by atoms with E-state index in [1.54, 1.807) is 6.21 Å². The molecule has 1 N–H and O–H groups in total. The van der Waals surface area contributed by atoms with Crippen LogP contribution < -0.4 is 5.32 Å². The van der Waals surface area contributed by atoms with Gasteiger partial charge in [0.1, 0.15) is 0 Å². The first kappa shape index (κ1) is 17.7. The van der Waals surface area contributed by atoms with Crippen LogP contribution in [0.5, 0.6) is 0 Å². The second-order valence-electron chi connectivity index (χ2n) is 5.45. The topological polar surface area (TPSA) is 57.1 Å². The molecule has 5 nitrogen and oxygen atoms in total. The quantitative estimate of drug-likeness (QED) is 0.588. The monoisotopic (exact) mass is 332 g/mol. The van der Waals surface area contributed by atoms with Gasteiger partial charge < -0.3 is 5.32 Å². The molecule has 0 radical (unpaired) electrons. The SMILES string of the molecule is CCCCN(CC)Cc1cccc(C=NN=C2NC(=O)CS2)c1. The first-order chi connectivity index (χ1) is 11.2. The molecular weight excluding hydrogens is 308 g/mol. The lowest BCUT2D eigenvalue weighted by atomic mass is 10.1. The Hall–Kier alpha value is -1.66. The van der Waals surface area contributed by atoms with Crippen molar-refractivity contribution in [3.05, 3.63) is 35.4 Å². The van der Waals surface area contributed by atoms with Crippen molar-refractivity contribution in [3.8, 4) is 0 Å². The molecule has 0 unspecified atom stereocenters. The fourth-order valence-corrected chi connectivity index (χ4v) is 2.92. The third-order valence-corrected chi connectivity index (χ3v) is 4.44. The molecule has 1 fully saturated rings. The summed E-state index contributed by atoms with van der Waals surface area (Å²) in [6.45, 7) is 7.57. The number of hydrogen-bond acceptors (Lipinski definition) is 5. The number of nitrogens with zero attached hydrogens (tertiary/aromatic N) is 3. The van der Waals surface area contributed by atoms with Crippen molar-refractivity contribution >= 4 is 29.1 Å². The molecule has 124 valence electrons. The van der Waals surface area contributed by atoms with Gasteiger partial charge in [-0.05, 0) is 36.7 Å². The second kappa shape index (κ2) is 9.47. The number of thioether (sulfide) groups is 1. The summed E-state index contributed by atoms with van der Waals surface area (Å²) < 4.78 is 0. The standard InChI is InChI=1S/C17H24N4OS/c1-3-5-9-21(4-2)12-15-8-6-7-14(10-15)11-18-20-17-19-16(22)13-23-17/h6-8,10-11H,3-5,9,12-13H2,1-2H3,(H,19,20,22). The summed E-state index contributed by atoms with van der Waals surface area (Å²) in [6, 6.07) is 8.34. The van der Waals surface area contributed by atoms with E-state index in [9.17, 15) is 4.79 Å². The Morgan fingerprint density at radius 3 is 2.96 bits per heavy atom. The van der Waals surface area contributed by atoms with Gasteiger partial charge in [0.15, 0.2) is 5.17 Å². The van der Waals surface area contributed by atoms with Crippen molar-refractivity contribution in [1.82, 2.24) is 10.2 Å². The summed E-state index contributed by atoms with van der Waals surface area (Å²) in [6.07, 6.45) is 4.18. The Morgan fingerprint density at radius 1 is 1.39 bits per heavy atom. The van der Waals surface area contributed by atoms with Crippen LogP contribution >= 0.6 is 11.8 Å². The van der Waals surface area contributed by atoms with Crippen molar-refractivity contribution < 1.29 is 4.79 Å². The maximum atomic E-state index is 11.1. The van der Waals surface area contributed by atoms with Gasteiger partial charge in [-0.2, -0.15) is 5.10 Å². The van der Waals surface area contributed by atoms with E-state index in [1.165, 1.54) is 30.2 Å². The van der Waals surface area contributed by atoms with Gasteiger partial charge in [-0.15, -0.1) is 5.10 Å². The highest BCUT2D eigenvalue weighted by molar-refractivity contribution is 8.15. The maximum Gasteiger partial charge on any atom is 0.236 e. The van der Waals surface area contributed by atoms with Gasteiger partial charge in [-0.3, -0.25) is 9.69 Å². The van der Waals surface area contributed by atoms with E-state index in [4.69, 9.17) is 0 Å². The van der Waals surface area contributed by atoms with E-state index in [2.05, 4.69) is 46.4 Å². The van der Waals surface area contributed by atoms with Crippen LogP contribution in [0, 0.1) is 0 Å². The predicted molar refractivity (Wildman–Crippen MR) is 97.9 cm³/mol. The number of amides is 1. The Morgan fingerprint density at radius 2 is 2.26 bits per heavy atom. The lowest BCUT2D eigenvalue weighted by Gasteiger charge is -2.20. The van der Waals surface area contributed by atoms with Gasteiger partial charge in [0, 0.05) is 6.54 Å². The molecule has 23 heavy (non-hydrogen) atoms. The largest absolute Gasteiger partial charge is 0.303 e. The highest BCUT2D eigenvalue weighted by Gasteiger charge is 2.15. The van der Waals surface area contributed by atoms with Crippen molar-refractivity contribution in [3.63, 3.8) is 0 Å². The van der Waals surface area contributed by atoms with Crippen LogP contribution in [0.2, 0.25) is 0 Å². The zero-order valence-corrected chi connectivity index (χ0v) is 14.6. The van der Waals surface area contributed by atoms with E-state index in [0.717, 1.165) is 25.2 Å². The number of nitrogens with one attached hydrogen (secondary N) is 1. The summed E-state index contributed by atoms with van der Waals surface area (Å²) in [5, 5.41) is 11.3. The van der Waals surface area contributed by atoms with E-state index in [1.807, 2.05) is 12.1 Å². The molecule has 2 rings (SSSR count). The average Bonchev–Trinajstić information content (AvgIpc) is 2.97. The minimum Gasteiger partial charge on any atom is -0.303 e. The van der Waals surface area contributed by atoms with Crippen LogP contribution in [0.25, 0.3) is 0 Å². The molecule has 1 aliphatic rings. The summed E-state index contributed by atoms with van der Waals surface area (Å²) in [5.41, 5.74) is 2.30. The smallest absolute Gasteiger partial charge is 0.236 e. The van der Waals surface area contributed by atoms with E-state index in [0.29, 0.717) is 10.9 Å². The Balaban J connectivity index is 1.94. The summed E-state index contributed by atoms with van der Waals surface area (Å²) >= 11 is 1.38. The molecule has 6 heteroatoms. The third kappa shape index (κ3) is 6.15. The maximum absolute atomic E-state index is 11.1. The van der Waals surface area contributed by atoms with Gasteiger partial charge in [0.2, 0.25) is 5.91 Å². The van der Waals surface area contributed by atoms with Gasteiger partial charge in [-0.25, -0.2) is 0 Å². The number of rotatable bonds is 8. The first-order valence-corrected chi connectivity index (χ1v) is 9.04. The summed E-state index contributed by atoms with van der Waals surface area (Å²) in [7, 11) is 0. The molecule has 0 aliphatic carbocycles. The summed E-state index contributed by atoms with van der Waals surface area (Å²) in [4.78, 5) is 13.5. The van der Waals surface area contributed by atoms with Gasteiger partial charge >= 0.3 is 0 Å². The lowest BCUT2D eigenvalue weighted by Crippen LogP contribution is -2.23. The molecule has 0 atom stereocenters. The number of amidine groups is 1. The molecule has 0 saturated carbocycles. The zero-order valence-electron chi connectivity index (χ0n) is 13.8. The van der Waals surface area contributed by atoms with Crippen molar-refractivity contribution in [2.75, 3.05) is 18.8 Å². The number of carbonyl (C=O) groups excluding carboxylic acids is 1. The lowest BCUT2D eigenvalue weighted by molar-refractivity contribution is -0.116. The van der Waals surface area contributed by atoms with E-state index < -0.39 is 0 Å². The molecule has 0 spiro atoms. The van der Waals surface area contributed by atoms with Crippen LogP contribution in [-0.2, 0) is 11.3 Å². The second-order valence-corrected chi connectivity index (χ2v) is 6.42. The highest BCUT2D eigenvalue weighted by Crippen LogP contribution is 2.10. The molecule has 0 bridgehead atoms. The van der Waals surface area contributed by atoms with Gasteiger partial charge in [-0.1, -0.05) is 50.2 Å². The molecule has 1 aromatic rings. The van der Waals surface area contributed by atoms with Crippen LogP contribution in [-0.4, -0.2) is 41.0 Å². The van der Waals surface area contributed by atoms with E-state index in [-0.39, 0.29) is 5.91 Å². The number of benzene rings is 1. The predicted octanol–water partition coefficient (Wildman–Crippen LogP) is 2.86. The first-order valence-electron chi connectivity index (χ1n) is 8.06. The van der Waals surface area contributed by atoms with Crippen LogP contribution in [0.15, 0.2) is 34.5 Å². The number of hydrogen-bond donors (Lipinski definition) is 1. The molecule has 1 saturated heterocycles. The van der Waals surface area contributed by atoms with Crippen LogP contribution in [0.3, 0.4) is 0 Å². The molecule has 1 aliphatic heterocycles. The highest BCUT2D eigenvalue weighted by atomic mass is 32.2. The van der Waals surface area contributed by atoms with Crippen LogP contribution in [0.1, 0.15) is 37.8 Å². The third-order valence-electron chi connectivity index (χ3n) is 3.57. The number of unbranched alkanes of at least 4 members (excludes halogenated alkanes) is 1. The molecule has 0 aromatic heterocycles. The van der Waals surface area contributed by atoms with Gasteiger partial charge in [0.05, 0.1) is 12.0 Å². The fraction of sp³-hybridized carbons (Fsp3) is 0.471.